The summed E-state index contributed by atoms with van der Waals surface area (Å²) in [6, 6.07) is 0. The molecule has 1 saturated heterocycles. The molecule has 0 aromatic rings. The average molecular weight is 259 g/mol. The molecule has 18 heavy (non-hydrogen) atoms. The van der Waals surface area contributed by atoms with Crippen LogP contribution in [0.5, 0.6) is 0 Å². The lowest BCUT2D eigenvalue weighted by molar-refractivity contribution is -0.185. The molecule has 1 heterocycles. The van der Waals surface area contributed by atoms with Crippen LogP contribution in [0.2, 0.25) is 0 Å². The SMILES string of the molecule is CCC(C)(OC)C(=O)N1CC(C)(OCC(=O)O)C1. The van der Waals surface area contributed by atoms with Gasteiger partial charge in [0.1, 0.15) is 17.8 Å². The molecule has 1 amide bonds. The summed E-state index contributed by atoms with van der Waals surface area (Å²) in [5.41, 5.74) is -1.37. The number of ether oxygens (including phenoxy) is 2. The van der Waals surface area contributed by atoms with E-state index in [1.54, 1.807) is 18.7 Å². The quantitative estimate of drug-likeness (QED) is 0.752. The van der Waals surface area contributed by atoms with Crippen molar-refractivity contribution in [2.45, 2.75) is 38.4 Å². The van der Waals surface area contributed by atoms with Crippen LogP contribution in [0.15, 0.2) is 0 Å². The number of carboxylic acids is 1. The Bertz CT molecular complexity index is 331. The monoisotopic (exact) mass is 259 g/mol. The third-order valence-corrected chi connectivity index (χ3v) is 3.46. The van der Waals surface area contributed by atoms with E-state index in [9.17, 15) is 9.59 Å². The molecule has 1 atom stereocenters. The van der Waals surface area contributed by atoms with Gasteiger partial charge in [-0.25, -0.2) is 4.79 Å². The highest BCUT2D eigenvalue weighted by Crippen LogP contribution is 2.29. The van der Waals surface area contributed by atoms with E-state index < -0.39 is 17.2 Å². The number of nitrogens with zero attached hydrogens (tertiary/aromatic N) is 1. The van der Waals surface area contributed by atoms with Crippen molar-refractivity contribution >= 4 is 11.9 Å². The Morgan fingerprint density at radius 1 is 1.44 bits per heavy atom. The molecule has 0 radical (unpaired) electrons. The smallest absolute Gasteiger partial charge is 0.329 e. The Labute approximate surface area is 107 Å². The van der Waals surface area contributed by atoms with Crippen LogP contribution in [0, 0.1) is 0 Å². The van der Waals surface area contributed by atoms with Gasteiger partial charge in [0.25, 0.3) is 5.91 Å². The molecule has 0 aliphatic carbocycles. The summed E-state index contributed by atoms with van der Waals surface area (Å²) >= 11 is 0. The van der Waals surface area contributed by atoms with Crippen molar-refractivity contribution in [3.63, 3.8) is 0 Å². The van der Waals surface area contributed by atoms with Crippen LogP contribution >= 0.6 is 0 Å². The molecule has 1 rings (SSSR count). The fraction of sp³-hybridized carbons (Fsp3) is 0.833. The van der Waals surface area contributed by atoms with Gasteiger partial charge in [-0.05, 0) is 20.3 Å². The first kappa shape index (κ1) is 14.9. The Balaban J connectivity index is 2.51. The Morgan fingerprint density at radius 2 is 2.00 bits per heavy atom. The molecule has 0 aromatic carbocycles. The second-order valence-corrected chi connectivity index (χ2v) is 5.08. The molecule has 104 valence electrons. The summed E-state index contributed by atoms with van der Waals surface area (Å²) < 4.78 is 10.5. The normalized spacial score (nSPS) is 21.0. The summed E-state index contributed by atoms with van der Waals surface area (Å²) in [7, 11) is 1.52. The van der Waals surface area contributed by atoms with Gasteiger partial charge in [0.15, 0.2) is 0 Å². The molecular weight excluding hydrogens is 238 g/mol. The van der Waals surface area contributed by atoms with Crippen molar-refractivity contribution in [2.24, 2.45) is 0 Å². The zero-order valence-electron chi connectivity index (χ0n) is 11.4. The van der Waals surface area contributed by atoms with Crippen LogP contribution in [-0.4, -0.2) is 59.9 Å². The van der Waals surface area contributed by atoms with Crippen molar-refractivity contribution in [3.8, 4) is 0 Å². The minimum Gasteiger partial charge on any atom is -0.480 e. The molecule has 0 saturated carbocycles. The van der Waals surface area contributed by atoms with Crippen LogP contribution in [0.3, 0.4) is 0 Å². The highest BCUT2D eigenvalue weighted by atomic mass is 16.5. The van der Waals surface area contributed by atoms with Gasteiger partial charge < -0.3 is 19.5 Å². The largest absolute Gasteiger partial charge is 0.480 e. The van der Waals surface area contributed by atoms with Gasteiger partial charge in [0.2, 0.25) is 0 Å². The second kappa shape index (κ2) is 5.24. The number of methoxy groups -OCH3 is 1. The first-order valence-electron chi connectivity index (χ1n) is 5.96. The van der Waals surface area contributed by atoms with Crippen LogP contribution < -0.4 is 0 Å². The van der Waals surface area contributed by atoms with Crippen molar-refractivity contribution < 1.29 is 24.2 Å². The summed E-state index contributed by atoms with van der Waals surface area (Å²) in [4.78, 5) is 24.2. The topological polar surface area (TPSA) is 76.1 Å². The number of carboxylic acid groups (broad SMARTS) is 1. The van der Waals surface area contributed by atoms with E-state index in [4.69, 9.17) is 14.6 Å². The van der Waals surface area contributed by atoms with E-state index in [1.807, 2.05) is 6.92 Å². The van der Waals surface area contributed by atoms with Gasteiger partial charge in [-0.15, -0.1) is 0 Å². The van der Waals surface area contributed by atoms with Gasteiger partial charge >= 0.3 is 5.97 Å². The van der Waals surface area contributed by atoms with Gasteiger partial charge in [0, 0.05) is 7.11 Å². The number of carbonyl (C=O) groups is 2. The number of likely N-dealkylation sites (tertiary alicyclic amines) is 1. The first-order valence-corrected chi connectivity index (χ1v) is 5.96. The lowest BCUT2D eigenvalue weighted by Crippen LogP contribution is -2.66. The summed E-state index contributed by atoms with van der Waals surface area (Å²) in [5.74, 6) is -1.08. The fourth-order valence-corrected chi connectivity index (χ4v) is 1.95. The Hall–Kier alpha value is -1.14. The molecule has 0 bridgehead atoms. The van der Waals surface area contributed by atoms with Crippen LogP contribution in [0.4, 0.5) is 0 Å². The molecule has 0 spiro atoms. The van der Waals surface area contributed by atoms with Gasteiger partial charge in [-0.2, -0.15) is 0 Å². The zero-order chi connectivity index (χ0) is 14.0. The standard InChI is InChI=1S/C12H21NO5/c1-5-12(3,17-4)10(16)13-7-11(2,8-13)18-6-9(14)15/h5-8H2,1-4H3,(H,14,15). The minimum absolute atomic E-state index is 0.0797. The highest BCUT2D eigenvalue weighted by molar-refractivity contribution is 5.85. The minimum atomic E-state index is -1.00. The van der Waals surface area contributed by atoms with Gasteiger partial charge in [-0.1, -0.05) is 6.92 Å². The molecule has 6 nitrogen and oxygen atoms in total. The van der Waals surface area contributed by atoms with Crippen LogP contribution in [-0.2, 0) is 19.1 Å². The van der Waals surface area contributed by atoms with Crippen LogP contribution in [0.25, 0.3) is 0 Å². The predicted octanol–water partition coefficient (Wildman–Crippen LogP) is 0.504. The van der Waals surface area contributed by atoms with Crippen molar-refractivity contribution in [1.82, 2.24) is 4.90 Å². The van der Waals surface area contributed by atoms with Crippen molar-refractivity contribution in [1.29, 1.82) is 0 Å². The number of aliphatic carboxylic acids is 1. The van der Waals surface area contributed by atoms with E-state index in [2.05, 4.69) is 0 Å². The molecule has 1 N–H and O–H groups in total. The summed E-state index contributed by atoms with van der Waals surface area (Å²) in [5, 5.41) is 8.55. The maximum absolute atomic E-state index is 12.2. The highest BCUT2D eigenvalue weighted by Gasteiger charge is 2.47. The molecule has 1 aliphatic heterocycles. The average Bonchev–Trinajstić information content (AvgIpc) is 2.31. The van der Waals surface area contributed by atoms with E-state index in [0.717, 1.165) is 0 Å². The number of amides is 1. The van der Waals surface area contributed by atoms with E-state index in [-0.39, 0.29) is 12.5 Å². The van der Waals surface area contributed by atoms with E-state index in [0.29, 0.717) is 19.5 Å². The Kier molecular flexibility index (Phi) is 4.34. The second-order valence-electron chi connectivity index (χ2n) is 5.08. The summed E-state index contributed by atoms with van der Waals surface area (Å²) in [6.45, 7) is 5.91. The molecular formula is C12H21NO5. The maximum atomic E-state index is 12.2. The van der Waals surface area contributed by atoms with Gasteiger partial charge in [0.05, 0.1) is 13.1 Å². The van der Waals surface area contributed by atoms with E-state index in [1.165, 1.54) is 7.11 Å². The fourth-order valence-electron chi connectivity index (χ4n) is 1.95. The number of carbonyl (C=O) groups excluding carboxylic acids is 1. The first-order chi connectivity index (χ1) is 8.26. The molecule has 1 fully saturated rings. The maximum Gasteiger partial charge on any atom is 0.329 e. The number of hydrogen-bond acceptors (Lipinski definition) is 4. The zero-order valence-corrected chi connectivity index (χ0v) is 11.4. The number of rotatable bonds is 6. The third kappa shape index (κ3) is 3.00. The predicted molar refractivity (Wildman–Crippen MR) is 64.3 cm³/mol. The number of hydrogen-bond donors (Lipinski definition) is 1. The van der Waals surface area contributed by atoms with Gasteiger partial charge in [-0.3, -0.25) is 4.79 Å². The molecule has 1 aliphatic rings. The summed E-state index contributed by atoms with van der Waals surface area (Å²) in [6.07, 6.45) is 0.589. The lowest BCUT2D eigenvalue weighted by atomic mass is 9.92. The molecule has 1 unspecified atom stereocenters. The lowest BCUT2D eigenvalue weighted by Gasteiger charge is -2.49. The van der Waals surface area contributed by atoms with Crippen molar-refractivity contribution in [3.05, 3.63) is 0 Å². The van der Waals surface area contributed by atoms with Crippen LogP contribution in [0.1, 0.15) is 27.2 Å². The molecule has 0 aromatic heterocycles. The van der Waals surface area contributed by atoms with Crippen molar-refractivity contribution in [2.75, 3.05) is 26.8 Å². The van der Waals surface area contributed by atoms with E-state index >= 15 is 0 Å². The molecule has 6 heteroatoms. The Morgan fingerprint density at radius 3 is 2.39 bits per heavy atom. The third-order valence-electron chi connectivity index (χ3n) is 3.46.